The smallest absolute Gasteiger partial charge is 0.241 e. The molecule has 32 heavy (non-hydrogen) atoms. The minimum Gasteiger partial charge on any atom is -0.497 e. The lowest BCUT2D eigenvalue weighted by Gasteiger charge is -2.32. The Balaban J connectivity index is 1.63. The van der Waals surface area contributed by atoms with Crippen molar-refractivity contribution in [1.82, 2.24) is 9.80 Å². The van der Waals surface area contributed by atoms with Crippen molar-refractivity contribution in [3.8, 4) is 5.75 Å². The van der Waals surface area contributed by atoms with E-state index >= 15 is 0 Å². The fraction of sp³-hybridized carbons (Fsp3) is 0.640. The maximum absolute atomic E-state index is 13.8. The standard InChI is InChI=1S/C25H34N2O5/c1-3-26(17-21-9-6-14-32-21)22(28)15-25(18-10-12-20(31-2)13-11-18)16-23(29)27(24(25)30)19-7-4-5-8-19/h10-13,19,21H,3-9,14-17H2,1-2H3/t21?,25-/m1/s1. The van der Waals surface area contributed by atoms with Crippen LogP contribution in [0.5, 0.6) is 5.75 Å². The molecule has 0 radical (unpaired) electrons. The predicted molar refractivity (Wildman–Crippen MR) is 119 cm³/mol. The number of likely N-dealkylation sites (N-methyl/N-ethyl adjacent to an activating group) is 1. The van der Waals surface area contributed by atoms with E-state index in [1.54, 1.807) is 24.1 Å². The number of ether oxygens (including phenoxy) is 2. The van der Waals surface area contributed by atoms with Gasteiger partial charge in [0.15, 0.2) is 0 Å². The minimum absolute atomic E-state index is 0.00627. The largest absolute Gasteiger partial charge is 0.497 e. The number of amides is 3. The highest BCUT2D eigenvalue weighted by atomic mass is 16.5. The molecule has 174 valence electrons. The zero-order chi connectivity index (χ0) is 22.7. The van der Waals surface area contributed by atoms with Crippen LogP contribution in [0.3, 0.4) is 0 Å². The molecular formula is C25H34N2O5. The molecule has 3 fully saturated rings. The molecule has 0 aromatic heterocycles. The van der Waals surface area contributed by atoms with E-state index in [0.717, 1.165) is 45.1 Å². The molecule has 2 heterocycles. The Morgan fingerprint density at radius 2 is 1.88 bits per heavy atom. The summed E-state index contributed by atoms with van der Waals surface area (Å²) in [6.07, 6.45) is 5.80. The molecule has 1 saturated carbocycles. The average molecular weight is 443 g/mol. The number of hydrogen-bond donors (Lipinski definition) is 0. The molecule has 1 unspecified atom stereocenters. The van der Waals surface area contributed by atoms with E-state index in [2.05, 4.69) is 0 Å². The van der Waals surface area contributed by atoms with Crippen LogP contribution in [0.15, 0.2) is 24.3 Å². The van der Waals surface area contributed by atoms with Crippen molar-refractivity contribution in [2.45, 2.75) is 75.9 Å². The summed E-state index contributed by atoms with van der Waals surface area (Å²) in [6, 6.07) is 7.19. The summed E-state index contributed by atoms with van der Waals surface area (Å²) in [5.41, 5.74) is -0.453. The zero-order valence-corrected chi connectivity index (χ0v) is 19.2. The van der Waals surface area contributed by atoms with E-state index in [1.165, 1.54) is 4.90 Å². The van der Waals surface area contributed by atoms with Gasteiger partial charge in [-0.25, -0.2) is 0 Å². The fourth-order valence-electron chi connectivity index (χ4n) is 5.48. The highest BCUT2D eigenvalue weighted by Crippen LogP contribution is 2.43. The van der Waals surface area contributed by atoms with Crippen LogP contribution in [-0.2, 0) is 24.5 Å². The summed E-state index contributed by atoms with van der Waals surface area (Å²) >= 11 is 0. The number of rotatable bonds is 8. The van der Waals surface area contributed by atoms with Gasteiger partial charge in [0.1, 0.15) is 5.75 Å². The number of nitrogens with zero attached hydrogens (tertiary/aromatic N) is 2. The minimum atomic E-state index is -1.16. The Morgan fingerprint density at radius 3 is 2.47 bits per heavy atom. The van der Waals surface area contributed by atoms with Crippen LogP contribution in [0, 0.1) is 0 Å². The Labute approximate surface area is 190 Å². The van der Waals surface area contributed by atoms with Gasteiger partial charge < -0.3 is 14.4 Å². The van der Waals surface area contributed by atoms with Gasteiger partial charge in [0.25, 0.3) is 0 Å². The topological polar surface area (TPSA) is 76.2 Å². The SMILES string of the molecule is CCN(CC1CCCO1)C(=O)C[C@]1(c2ccc(OC)cc2)CC(=O)N(C2CCCC2)C1=O. The number of carbonyl (C=O) groups is 3. The Morgan fingerprint density at radius 1 is 1.16 bits per heavy atom. The summed E-state index contributed by atoms with van der Waals surface area (Å²) < 4.78 is 11.0. The van der Waals surface area contributed by atoms with Crippen molar-refractivity contribution >= 4 is 17.7 Å². The number of imide groups is 1. The molecular weight excluding hydrogens is 408 g/mol. The molecule has 7 heteroatoms. The second-order valence-electron chi connectivity index (χ2n) is 9.24. The molecule has 7 nitrogen and oxygen atoms in total. The summed E-state index contributed by atoms with van der Waals surface area (Å²) in [7, 11) is 1.59. The van der Waals surface area contributed by atoms with Crippen molar-refractivity contribution in [2.24, 2.45) is 0 Å². The van der Waals surface area contributed by atoms with E-state index < -0.39 is 5.41 Å². The third-order valence-electron chi connectivity index (χ3n) is 7.32. The normalized spacial score (nSPS) is 26.2. The summed E-state index contributed by atoms with van der Waals surface area (Å²) in [4.78, 5) is 43.7. The van der Waals surface area contributed by atoms with Crippen LogP contribution in [-0.4, -0.2) is 66.5 Å². The first-order chi connectivity index (χ1) is 15.5. The predicted octanol–water partition coefficient (Wildman–Crippen LogP) is 3.05. The van der Waals surface area contributed by atoms with Gasteiger partial charge in [-0.2, -0.15) is 0 Å². The number of likely N-dealkylation sites (tertiary alicyclic amines) is 1. The first-order valence-corrected chi connectivity index (χ1v) is 11.9. The van der Waals surface area contributed by atoms with E-state index in [0.29, 0.717) is 24.4 Å². The van der Waals surface area contributed by atoms with Crippen molar-refractivity contribution in [1.29, 1.82) is 0 Å². The van der Waals surface area contributed by atoms with Gasteiger partial charge in [-0.15, -0.1) is 0 Å². The third-order valence-corrected chi connectivity index (χ3v) is 7.32. The maximum Gasteiger partial charge on any atom is 0.241 e. The van der Waals surface area contributed by atoms with E-state index in [1.807, 2.05) is 19.1 Å². The lowest BCUT2D eigenvalue weighted by molar-refractivity contribution is -0.145. The van der Waals surface area contributed by atoms with Gasteiger partial charge in [-0.3, -0.25) is 19.3 Å². The van der Waals surface area contributed by atoms with Crippen LogP contribution in [0.1, 0.15) is 63.9 Å². The zero-order valence-electron chi connectivity index (χ0n) is 19.2. The highest BCUT2D eigenvalue weighted by Gasteiger charge is 2.56. The Bertz CT molecular complexity index is 842. The monoisotopic (exact) mass is 442 g/mol. The van der Waals surface area contributed by atoms with Crippen molar-refractivity contribution in [3.05, 3.63) is 29.8 Å². The van der Waals surface area contributed by atoms with E-state index in [4.69, 9.17) is 9.47 Å². The molecule has 2 aliphatic heterocycles. The number of hydrogen-bond acceptors (Lipinski definition) is 5. The van der Waals surface area contributed by atoms with Gasteiger partial charge in [0.05, 0.1) is 18.6 Å². The first-order valence-electron chi connectivity index (χ1n) is 11.9. The summed E-state index contributed by atoms with van der Waals surface area (Å²) in [5.74, 6) is 0.190. The van der Waals surface area contributed by atoms with Crippen LogP contribution in [0.4, 0.5) is 0 Å². The van der Waals surface area contributed by atoms with Crippen LogP contribution >= 0.6 is 0 Å². The van der Waals surface area contributed by atoms with Crippen LogP contribution in [0.2, 0.25) is 0 Å². The maximum atomic E-state index is 13.8. The quantitative estimate of drug-likeness (QED) is 0.579. The van der Waals surface area contributed by atoms with Crippen LogP contribution in [0.25, 0.3) is 0 Å². The Hall–Kier alpha value is -2.41. The van der Waals surface area contributed by atoms with Crippen molar-refractivity contribution in [3.63, 3.8) is 0 Å². The van der Waals surface area contributed by atoms with E-state index in [9.17, 15) is 14.4 Å². The Kier molecular flexibility index (Phi) is 6.84. The molecule has 1 aliphatic carbocycles. The van der Waals surface area contributed by atoms with Crippen molar-refractivity contribution < 1.29 is 23.9 Å². The van der Waals surface area contributed by atoms with Gasteiger partial charge in [0.2, 0.25) is 17.7 Å². The highest BCUT2D eigenvalue weighted by molar-refractivity contribution is 6.11. The molecule has 1 aromatic carbocycles. The average Bonchev–Trinajstić information content (AvgIpc) is 3.55. The molecule has 3 aliphatic rings. The van der Waals surface area contributed by atoms with Gasteiger partial charge >= 0.3 is 0 Å². The molecule has 0 bridgehead atoms. The molecule has 2 saturated heterocycles. The number of carbonyl (C=O) groups excluding carboxylic acids is 3. The van der Waals surface area contributed by atoms with Crippen molar-refractivity contribution in [2.75, 3.05) is 26.8 Å². The van der Waals surface area contributed by atoms with Gasteiger partial charge in [0, 0.05) is 38.6 Å². The third kappa shape index (κ3) is 4.27. The van der Waals surface area contributed by atoms with E-state index in [-0.39, 0.29) is 42.7 Å². The number of methoxy groups -OCH3 is 1. The molecule has 0 N–H and O–H groups in total. The van der Waals surface area contributed by atoms with Gasteiger partial charge in [-0.1, -0.05) is 25.0 Å². The molecule has 4 rings (SSSR count). The lowest BCUT2D eigenvalue weighted by atomic mass is 9.75. The first kappa shape index (κ1) is 22.8. The molecule has 1 aromatic rings. The second kappa shape index (κ2) is 9.61. The summed E-state index contributed by atoms with van der Waals surface area (Å²) in [5, 5.41) is 0. The molecule has 0 spiro atoms. The second-order valence-corrected chi connectivity index (χ2v) is 9.24. The van der Waals surface area contributed by atoms with Gasteiger partial charge in [-0.05, 0) is 50.3 Å². The molecule has 2 atom stereocenters. The van der Waals surface area contributed by atoms with Crippen LogP contribution < -0.4 is 4.74 Å². The summed E-state index contributed by atoms with van der Waals surface area (Å²) in [6.45, 7) is 3.75. The lowest BCUT2D eigenvalue weighted by Crippen LogP contribution is -2.46. The number of benzene rings is 1. The molecule has 3 amide bonds. The fourth-order valence-corrected chi connectivity index (χ4v) is 5.48.